The van der Waals surface area contributed by atoms with Crippen LogP contribution in [0.5, 0.6) is 0 Å². The van der Waals surface area contributed by atoms with Gasteiger partial charge in [0.1, 0.15) is 0 Å². The van der Waals surface area contributed by atoms with Crippen molar-refractivity contribution >= 4 is 5.97 Å². The highest BCUT2D eigenvalue weighted by molar-refractivity contribution is 5.77. The standard InChI is InChI=1S/C12H12N2O2/c1-16-12(15)11(14-9-5-8-13-14)10-6-3-2-4-7-10/h2-9,11H,1H3/t11-/m0/s1. The summed E-state index contributed by atoms with van der Waals surface area (Å²) < 4.78 is 6.38. The Balaban J connectivity index is 2.40. The zero-order valence-corrected chi connectivity index (χ0v) is 8.91. The maximum atomic E-state index is 11.7. The molecule has 0 unspecified atom stereocenters. The number of benzene rings is 1. The van der Waals surface area contributed by atoms with Gasteiger partial charge in [0.25, 0.3) is 0 Å². The van der Waals surface area contributed by atoms with Crippen molar-refractivity contribution < 1.29 is 9.53 Å². The van der Waals surface area contributed by atoms with Gasteiger partial charge in [-0.2, -0.15) is 5.10 Å². The second-order valence-corrected chi connectivity index (χ2v) is 3.32. The quantitative estimate of drug-likeness (QED) is 0.733. The van der Waals surface area contributed by atoms with Crippen LogP contribution in [0.1, 0.15) is 11.6 Å². The minimum atomic E-state index is -0.513. The third-order valence-corrected chi connectivity index (χ3v) is 2.33. The van der Waals surface area contributed by atoms with Crippen molar-refractivity contribution in [3.05, 3.63) is 54.4 Å². The minimum absolute atomic E-state index is 0.324. The van der Waals surface area contributed by atoms with E-state index >= 15 is 0 Å². The van der Waals surface area contributed by atoms with E-state index in [1.165, 1.54) is 7.11 Å². The lowest BCUT2D eigenvalue weighted by Crippen LogP contribution is -2.22. The van der Waals surface area contributed by atoms with Gasteiger partial charge in [0, 0.05) is 12.4 Å². The molecule has 0 saturated heterocycles. The number of ether oxygens (including phenoxy) is 1. The van der Waals surface area contributed by atoms with E-state index in [1.54, 1.807) is 23.1 Å². The molecule has 1 atom stereocenters. The van der Waals surface area contributed by atoms with Gasteiger partial charge in [0.2, 0.25) is 0 Å². The van der Waals surface area contributed by atoms with Gasteiger partial charge in [0.05, 0.1) is 7.11 Å². The van der Waals surface area contributed by atoms with Crippen LogP contribution in [0.25, 0.3) is 0 Å². The third kappa shape index (κ3) is 1.95. The number of nitrogens with zero attached hydrogens (tertiary/aromatic N) is 2. The lowest BCUT2D eigenvalue weighted by atomic mass is 10.1. The van der Waals surface area contributed by atoms with E-state index in [1.807, 2.05) is 30.3 Å². The Kier molecular flexibility index (Phi) is 3.00. The van der Waals surface area contributed by atoms with Crippen LogP contribution < -0.4 is 0 Å². The molecule has 4 heteroatoms. The lowest BCUT2D eigenvalue weighted by molar-refractivity contribution is -0.143. The van der Waals surface area contributed by atoms with E-state index in [0.717, 1.165) is 5.56 Å². The number of rotatable bonds is 3. The zero-order valence-electron chi connectivity index (χ0n) is 8.91. The summed E-state index contributed by atoms with van der Waals surface area (Å²) in [6.45, 7) is 0. The summed E-state index contributed by atoms with van der Waals surface area (Å²) >= 11 is 0. The maximum Gasteiger partial charge on any atom is 0.335 e. The van der Waals surface area contributed by atoms with E-state index in [9.17, 15) is 4.79 Å². The zero-order chi connectivity index (χ0) is 11.4. The number of hydrogen-bond acceptors (Lipinski definition) is 3. The van der Waals surface area contributed by atoms with Gasteiger partial charge >= 0.3 is 5.97 Å². The first-order valence-corrected chi connectivity index (χ1v) is 4.95. The fourth-order valence-corrected chi connectivity index (χ4v) is 1.58. The van der Waals surface area contributed by atoms with Crippen molar-refractivity contribution in [2.45, 2.75) is 6.04 Å². The van der Waals surface area contributed by atoms with E-state index in [4.69, 9.17) is 4.74 Å². The van der Waals surface area contributed by atoms with Gasteiger partial charge in [-0.05, 0) is 11.6 Å². The second kappa shape index (κ2) is 4.61. The highest BCUT2D eigenvalue weighted by Gasteiger charge is 2.23. The SMILES string of the molecule is COC(=O)[C@H](c1ccccc1)n1cccn1. The van der Waals surface area contributed by atoms with Crippen molar-refractivity contribution in [1.82, 2.24) is 9.78 Å². The normalized spacial score (nSPS) is 12.1. The van der Waals surface area contributed by atoms with Gasteiger partial charge in [-0.25, -0.2) is 4.79 Å². The molecule has 82 valence electrons. The Morgan fingerprint density at radius 2 is 2.06 bits per heavy atom. The molecule has 0 fully saturated rings. The summed E-state index contributed by atoms with van der Waals surface area (Å²) in [5.74, 6) is -0.324. The van der Waals surface area contributed by atoms with Crippen molar-refractivity contribution in [3.63, 3.8) is 0 Å². The summed E-state index contributed by atoms with van der Waals surface area (Å²) in [5.41, 5.74) is 0.859. The molecule has 0 aliphatic rings. The van der Waals surface area contributed by atoms with E-state index in [2.05, 4.69) is 5.10 Å². The molecular weight excluding hydrogens is 204 g/mol. The third-order valence-electron chi connectivity index (χ3n) is 2.33. The molecule has 2 rings (SSSR count). The van der Waals surface area contributed by atoms with Crippen LogP contribution in [0, 0.1) is 0 Å². The molecule has 1 aromatic carbocycles. The van der Waals surface area contributed by atoms with Crippen molar-refractivity contribution in [2.75, 3.05) is 7.11 Å². The molecule has 0 N–H and O–H groups in total. The van der Waals surface area contributed by atoms with Gasteiger partial charge < -0.3 is 4.74 Å². The van der Waals surface area contributed by atoms with Gasteiger partial charge in [0.15, 0.2) is 6.04 Å². The van der Waals surface area contributed by atoms with Crippen LogP contribution in [0.3, 0.4) is 0 Å². The Hall–Kier alpha value is -2.10. The fraction of sp³-hybridized carbons (Fsp3) is 0.167. The molecule has 0 bridgehead atoms. The van der Waals surface area contributed by atoms with Crippen LogP contribution in [-0.4, -0.2) is 22.9 Å². The van der Waals surface area contributed by atoms with Crippen molar-refractivity contribution in [3.8, 4) is 0 Å². The minimum Gasteiger partial charge on any atom is -0.467 e. The second-order valence-electron chi connectivity index (χ2n) is 3.32. The predicted octanol–water partition coefficient (Wildman–Crippen LogP) is 1.65. The molecule has 2 aromatic rings. The molecule has 0 aliphatic carbocycles. The molecule has 1 aromatic heterocycles. The maximum absolute atomic E-state index is 11.7. The van der Waals surface area contributed by atoms with Crippen LogP contribution in [0.4, 0.5) is 0 Å². The lowest BCUT2D eigenvalue weighted by Gasteiger charge is -2.15. The number of methoxy groups -OCH3 is 1. The van der Waals surface area contributed by atoms with E-state index < -0.39 is 6.04 Å². The molecule has 0 saturated carbocycles. The van der Waals surface area contributed by atoms with Gasteiger partial charge in [-0.3, -0.25) is 4.68 Å². The first kappa shape index (κ1) is 10.4. The largest absolute Gasteiger partial charge is 0.467 e. The highest BCUT2D eigenvalue weighted by atomic mass is 16.5. The summed E-state index contributed by atoms with van der Waals surface area (Å²) in [5, 5.41) is 4.08. The monoisotopic (exact) mass is 216 g/mol. The summed E-state index contributed by atoms with van der Waals surface area (Å²) in [7, 11) is 1.38. The predicted molar refractivity (Wildman–Crippen MR) is 58.8 cm³/mol. The van der Waals surface area contributed by atoms with Crippen molar-refractivity contribution in [1.29, 1.82) is 0 Å². The molecule has 0 spiro atoms. The molecule has 16 heavy (non-hydrogen) atoms. The Labute approximate surface area is 93.5 Å². The summed E-state index contributed by atoms with van der Waals surface area (Å²) in [4.78, 5) is 11.7. The molecule has 0 aliphatic heterocycles. The fourth-order valence-electron chi connectivity index (χ4n) is 1.58. The number of aromatic nitrogens is 2. The molecule has 0 radical (unpaired) electrons. The molecule has 4 nitrogen and oxygen atoms in total. The molecule has 0 amide bonds. The first-order valence-electron chi connectivity index (χ1n) is 4.95. The van der Waals surface area contributed by atoms with Crippen molar-refractivity contribution in [2.24, 2.45) is 0 Å². The Bertz CT molecular complexity index is 451. The van der Waals surface area contributed by atoms with E-state index in [0.29, 0.717) is 0 Å². The van der Waals surface area contributed by atoms with Gasteiger partial charge in [-0.15, -0.1) is 0 Å². The average molecular weight is 216 g/mol. The molecular formula is C12H12N2O2. The Morgan fingerprint density at radius 1 is 1.31 bits per heavy atom. The molecule has 1 heterocycles. The smallest absolute Gasteiger partial charge is 0.335 e. The summed E-state index contributed by atoms with van der Waals surface area (Å²) in [6.07, 6.45) is 3.38. The number of carbonyl (C=O) groups excluding carboxylic acids is 1. The number of esters is 1. The van der Waals surface area contributed by atoms with Crippen LogP contribution in [0.15, 0.2) is 48.8 Å². The van der Waals surface area contributed by atoms with Gasteiger partial charge in [-0.1, -0.05) is 30.3 Å². The summed E-state index contributed by atoms with van der Waals surface area (Å²) in [6, 6.07) is 10.7. The van der Waals surface area contributed by atoms with Crippen LogP contribution >= 0.6 is 0 Å². The Morgan fingerprint density at radius 3 is 2.62 bits per heavy atom. The number of hydrogen-bond donors (Lipinski definition) is 0. The first-order chi connectivity index (χ1) is 7.83. The highest BCUT2D eigenvalue weighted by Crippen LogP contribution is 2.18. The average Bonchev–Trinajstić information content (AvgIpc) is 2.84. The number of carbonyl (C=O) groups is 1. The topological polar surface area (TPSA) is 44.1 Å². The van der Waals surface area contributed by atoms with Crippen LogP contribution in [0.2, 0.25) is 0 Å². The van der Waals surface area contributed by atoms with Crippen LogP contribution in [-0.2, 0) is 9.53 Å². The van der Waals surface area contributed by atoms with E-state index in [-0.39, 0.29) is 5.97 Å².